The minimum absolute atomic E-state index is 0.0790. The Hall–Kier alpha value is -1.93. The second-order valence-corrected chi connectivity index (χ2v) is 7.91. The van der Waals surface area contributed by atoms with Crippen molar-refractivity contribution < 1.29 is 19.3 Å². The smallest absolute Gasteiger partial charge is 0.282 e. The standard InChI is InChI=1S/C17H24N4O3S/c1-10(20-6-8-21(9-7-20)11(2)22)16(24)19-17-14(15(18)23)12-4-3-5-13(12)25-17/h10H,3-9H2,1-2H3,(H2,18,23)(H,19,24)/p+1/t10-/m0/s1. The maximum Gasteiger partial charge on any atom is 0.282 e. The molecule has 3 amide bonds. The Morgan fingerprint density at radius 1 is 1.24 bits per heavy atom. The maximum absolute atomic E-state index is 12.7. The fourth-order valence-electron chi connectivity index (χ4n) is 3.70. The molecule has 0 bridgehead atoms. The number of thiophene rings is 1. The highest BCUT2D eigenvalue weighted by molar-refractivity contribution is 7.17. The van der Waals surface area contributed by atoms with Crippen molar-refractivity contribution in [2.24, 2.45) is 5.73 Å². The highest BCUT2D eigenvalue weighted by Gasteiger charge is 2.32. The summed E-state index contributed by atoms with van der Waals surface area (Å²) in [5.41, 5.74) is 7.06. The van der Waals surface area contributed by atoms with Crippen LogP contribution in [0.25, 0.3) is 0 Å². The normalized spacial score (nSPS) is 18.7. The Bertz CT molecular complexity index is 707. The molecule has 0 spiro atoms. The zero-order valence-electron chi connectivity index (χ0n) is 14.7. The van der Waals surface area contributed by atoms with E-state index in [0.29, 0.717) is 23.7 Å². The van der Waals surface area contributed by atoms with Crippen LogP contribution in [0, 0.1) is 0 Å². The molecule has 136 valence electrons. The summed E-state index contributed by atoms with van der Waals surface area (Å²) in [4.78, 5) is 40.0. The summed E-state index contributed by atoms with van der Waals surface area (Å²) in [5, 5.41) is 3.52. The van der Waals surface area contributed by atoms with E-state index in [9.17, 15) is 14.4 Å². The second kappa shape index (κ2) is 7.13. The number of quaternary nitrogens is 1. The molecular formula is C17H25N4O3S+. The molecule has 0 radical (unpaired) electrons. The SMILES string of the molecule is CC(=O)N1CC[NH+]([C@@H](C)C(=O)Nc2sc3c(c2C(N)=O)CCC3)CC1. The Kier molecular flexibility index (Phi) is 5.10. The number of anilines is 1. The van der Waals surface area contributed by atoms with Crippen LogP contribution in [0.2, 0.25) is 0 Å². The van der Waals surface area contributed by atoms with E-state index >= 15 is 0 Å². The molecular weight excluding hydrogens is 340 g/mol. The molecule has 8 heteroatoms. The molecule has 0 aromatic carbocycles. The molecule has 1 aliphatic heterocycles. The van der Waals surface area contributed by atoms with E-state index in [1.165, 1.54) is 16.2 Å². The summed E-state index contributed by atoms with van der Waals surface area (Å²) >= 11 is 1.48. The van der Waals surface area contributed by atoms with Crippen molar-refractivity contribution in [2.75, 3.05) is 31.5 Å². The summed E-state index contributed by atoms with van der Waals surface area (Å²) in [5.74, 6) is -0.492. The Morgan fingerprint density at radius 3 is 2.52 bits per heavy atom. The highest BCUT2D eigenvalue weighted by atomic mass is 32.1. The average molecular weight is 365 g/mol. The second-order valence-electron chi connectivity index (χ2n) is 6.80. The van der Waals surface area contributed by atoms with Gasteiger partial charge in [-0.3, -0.25) is 14.4 Å². The number of hydrogen-bond donors (Lipinski definition) is 3. The number of rotatable bonds is 4. The van der Waals surface area contributed by atoms with E-state index in [1.807, 2.05) is 11.8 Å². The fourth-order valence-corrected chi connectivity index (χ4v) is 5.00. The van der Waals surface area contributed by atoms with Crippen LogP contribution in [0.1, 0.15) is 41.1 Å². The summed E-state index contributed by atoms with van der Waals surface area (Å²) < 4.78 is 0. The van der Waals surface area contributed by atoms with Gasteiger partial charge in [0.25, 0.3) is 11.8 Å². The van der Waals surface area contributed by atoms with Gasteiger partial charge in [0.15, 0.2) is 6.04 Å². The average Bonchev–Trinajstić information content (AvgIpc) is 3.14. The zero-order valence-corrected chi connectivity index (χ0v) is 15.5. The highest BCUT2D eigenvalue weighted by Crippen LogP contribution is 2.38. The van der Waals surface area contributed by atoms with Gasteiger partial charge in [-0.25, -0.2) is 0 Å². The van der Waals surface area contributed by atoms with Gasteiger partial charge in [0, 0.05) is 11.8 Å². The van der Waals surface area contributed by atoms with E-state index in [0.717, 1.165) is 42.8 Å². The number of carbonyl (C=O) groups is 3. The van der Waals surface area contributed by atoms with Crippen LogP contribution in [0.3, 0.4) is 0 Å². The van der Waals surface area contributed by atoms with Crippen molar-refractivity contribution in [3.63, 3.8) is 0 Å². The lowest BCUT2D eigenvalue weighted by atomic mass is 10.1. The van der Waals surface area contributed by atoms with Gasteiger partial charge in [0.1, 0.15) is 5.00 Å². The van der Waals surface area contributed by atoms with Gasteiger partial charge in [-0.2, -0.15) is 0 Å². The summed E-state index contributed by atoms with van der Waals surface area (Å²) in [6.07, 6.45) is 2.84. The van der Waals surface area contributed by atoms with Crippen molar-refractivity contribution in [1.29, 1.82) is 0 Å². The first-order chi connectivity index (χ1) is 11.9. The number of fused-ring (bicyclic) bond motifs is 1. The van der Waals surface area contributed by atoms with E-state index in [4.69, 9.17) is 5.73 Å². The number of nitrogens with zero attached hydrogens (tertiary/aromatic N) is 1. The number of hydrogen-bond acceptors (Lipinski definition) is 4. The molecule has 3 rings (SSSR count). The Balaban J connectivity index is 1.67. The first-order valence-electron chi connectivity index (χ1n) is 8.73. The zero-order chi connectivity index (χ0) is 18.1. The Labute approximate surface area is 151 Å². The van der Waals surface area contributed by atoms with Crippen LogP contribution in [0.15, 0.2) is 0 Å². The van der Waals surface area contributed by atoms with Gasteiger partial charge < -0.3 is 20.9 Å². The third-order valence-electron chi connectivity index (χ3n) is 5.26. The summed E-state index contributed by atoms with van der Waals surface area (Å²) in [7, 11) is 0. The van der Waals surface area contributed by atoms with Crippen LogP contribution in [0.5, 0.6) is 0 Å². The van der Waals surface area contributed by atoms with Crippen LogP contribution in [-0.4, -0.2) is 54.8 Å². The molecule has 1 aliphatic carbocycles. The lowest BCUT2D eigenvalue weighted by Crippen LogP contribution is -3.19. The van der Waals surface area contributed by atoms with E-state index in [2.05, 4.69) is 5.32 Å². The fraction of sp³-hybridized carbons (Fsp3) is 0.588. The molecule has 1 saturated heterocycles. The lowest BCUT2D eigenvalue weighted by molar-refractivity contribution is -0.917. The molecule has 1 atom stereocenters. The van der Waals surface area contributed by atoms with Gasteiger partial charge in [-0.15, -0.1) is 11.3 Å². The van der Waals surface area contributed by atoms with Crippen molar-refractivity contribution in [3.05, 3.63) is 16.0 Å². The monoisotopic (exact) mass is 365 g/mol. The molecule has 1 aromatic heterocycles. The third-order valence-corrected chi connectivity index (χ3v) is 6.47. The molecule has 1 fully saturated rings. The van der Waals surface area contributed by atoms with Gasteiger partial charge in [-0.05, 0) is 31.7 Å². The third kappa shape index (κ3) is 3.55. The van der Waals surface area contributed by atoms with Gasteiger partial charge in [-0.1, -0.05) is 0 Å². The minimum Gasteiger partial charge on any atom is -0.365 e. The van der Waals surface area contributed by atoms with Gasteiger partial charge >= 0.3 is 0 Å². The summed E-state index contributed by atoms with van der Waals surface area (Å²) in [6.45, 7) is 6.29. The maximum atomic E-state index is 12.7. The Morgan fingerprint density at radius 2 is 1.92 bits per heavy atom. The first kappa shape index (κ1) is 17.9. The van der Waals surface area contributed by atoms with Crippen molar-refractivity contribution >= 4 is 34.1 Å². The molecule has 2 aliphatic rings. The van der Waals surface area contributed by atoms with Crippen LogP contribution >= 0.6 is 11.3 Å². The van der Waals surface area contributed by atoms with Crippen LogP contribution in [0.4, 0.5) is 5.00 Å². The lowest BCUT2D eigenvalue weighted by Gasteiger charge is -2.34. The van der Waals surface area contributed by atoms with Crippen molar-refractivity contribution in [1.82, 2.24) is 4.90 Å². The van der Waals surface area contributed by atoms with E-state index in [1.54, 1.807) is 6.92 Å². The van der Waals surface area contributed by atoms with Crippen molar-refractivity contribution in [2.45, 2.75) is 39.2 Å². The number of nitrogens with one attached hydrogen (secondary N) is 2. The minimum atomic E-state index is -0.468. The topological polar surface area (TPSA) is 96.9 Å². The number of primary amides is 1. The van der Waals surface area contributed by atoms with E-state index in [-0.39, 0.29) is 17.9 Å². The number of piperazine rings is 1. The number of amides is 3. The number of carbonyl (C=O) groups excluding carboxylic acids is 3. The molecule has 4 N–H and O–H groups in total. The largest absolute Gasteiger partial charge is 0.365 e. The van der Waals surface area contributed by atoms with Crippen LogP contribution in [-0.2, 0) is 22.4 Å². The first-order valence-corrected chi connectivity index (χ1v) is 9.55. The van der Waals surface area contributed by atoms with Gasteiger partial charge in [0.05, 0.1) is 31.7 Å². The predicted molar refractivity (Wildman–Crippen MR) is 95.9 cm³/mol. The molecule has 0 unspecified atom stereocenters. The predicted octanol–water partition coefficient (Wildman–Crippen LogP) is -0.590. The van der Waals surface area contributed by atoms with Gasteiger partial charge in [0.2, 0.25) is 5.91 Å². The molecule has 7 nitrogen and oxygen atoms in total. The molecule has 0 saturated carbocycles. The molecule has 2 heterocycles. The quantitative estimate of drug-likeness (QED) is 0.665. The van der Waals surface area contributed by atoms with E-state index < -0.39 is 5.91 Å². The molecule has 1 aromatic rings. The summed E-state index contributed by atoms with van der Waals surface area (Å²) in [6, 6.07) is -0.244. The van der Waals surface area contributed by atoms with Crippen molar-refractivity contribution in [3.8, 4) is 0 Å². The molecule has 25 heavy (non-hydrogen) atoms. The van der Waals surface area contributed by atoms with Crippen LogP contribution < -0.4 is 16.0 Å². The number of aryl methyl sites for hydroxylation is 1. The number of nitrogens with two attached hydrogens (primary N) is 1.